The van der Waals surface area contributed by atoms with Crippen molar-refractivity contribution in [3.05, 3.63) is 93.7 Å². The summed E-state index contributed by atoms with van der Waals surface area (Å²) in [7, 11) is 0. The van der Waals surface area contributed by atoms with Crippen molar-refractivity contribution in [2.24, 2.45) is 0 Å². The molecule has 3 rings (SSSR count). The summed E-state index contributed by atoms with van der Waals surface area (Å²) in [5.41, 5.74) is 2.55. The van der Waals surface area contributed by atoms with E-state index in [9.17, 15) is 13.6 Å². The maximum Gasteiger partial charge on any atom is 0.261 e. The van der Waals surface area contributed by atoms with Crippen molar-refractivity contribution in [1.29, 1.82) is 0 Å². The first-order chi connectivity index (χ1) is 14.5. The van der Waals surface area contributed by atoms with Gasteiger partial charge in [-0.1, -0.05) is 35.3 Å². The number of hydrogen-bond acceptors (Lipinski definition) is 3. The molecule has 0 aliphatic carbocycles. The number of hydrogen-bond donors (Lipinski definition) is 2. The molecular formula is C21H19Cl2N3O3S. The molecule has 30 heavy (non-hydrogen) atoms. The molecule has 0 radical (unpaired) electrons. The summed E-state index contributed by atoms with van der Waals surface area (Å²) in [6.07, 6.45) is 3.74. The zero-order valence-electron chi connectivity index (χ0n) is 15.8. The van der Waals surface area contributed by atoms with E-state index >= 15 is 0 Å². The molecule has 9 heteroatoms. The lowest BCUT2D eigenvalue weighted by atomic mass is 10.1. The third-order valence-electron chi connectivity index (χ3n) is 4.41. The highest BCUT2D eigenvalue weighted by Gasteiger charge is 2.15. The largest absolute Gasteiger partial charge is 0.348 e. The summed E-state index contributed by atoms with van der Waals surface area (Å²) in [4.78, 5) is 16.3. The Balaban J connectivity index is 1.66. The molecule has 0 aliphatic rings. The number of carbonyl (C=O) groups is 1. The smallest absolute Gasteiger partial charge is 0.261 e. The van der Waals surface area contributed by atoms with Crippen LogP contribution in [0.5, 0.6) is 0 Å². The average Bonchev–Trinajstić information content (AvgIpc) is 2.75. The van der Waals surface area contributed by atoms with Crippen LogP contribution in [0.3, 0.4) is 0 Å². The topological polar surface area (TPSA) is 82.5 Å². The zero-order chi connectivity index (χ0) is 21.5. The normalized spacial score (nSPS) is 11.7. The van der Waals surface area contributed by atoms with E-state index in [1.807, 2.05) is 6.07 Å². The van der Waals surface area contributed by atoms with Crippen molar-refractivity contribution in [1.82, 2.24) is 10.3 Å². The Morgan fingerprint density at radius 1 is 1.07 bits per heavy atom. The van der Waals surface area contributed by atoms with Crippen molar-refractivity contribution in [2.45, 2.75) is 13.0 Å². The first kappa shape index (κ1) is 22.2. The number of anilines is 1. The molecule has 6 nitrogen and oxygen atoms in total. The minimum Gasteiger partial charge on any atom is -0.348 e. The monoisotopic (exact) mass is 463 g/mol. The SMILES string of the molecule is O=C(NCc1cccnc1)c1ccc(N(CCc2c(Cl)cccc2Cl)S(=O)O)cc1. The van der Waals surface area contributed by atoms with Gasteiger partial charge in [-0.3, -0.25) is 18.6 Å². The van der Waals surface area contributed by atoms with Crippen molar-refractivity contribution in [3.8, 4) is 0 Å². The van der Waals surface area contributed by atoms with Gasteiger partial charge in [0.2, 0.25) is 0 Å². The number of rotatable bonds is 8. The van der Waals surface area contributed by atoms with Crippen molar-refractivity contribution >= 4 is 46.1 Å². The van der Waals surface area contributed by atoms with Gasteiger partial charge < -0.3 is 5.32 Å². The van der Waals surface area contributed by atoms with Crippen molar-refractivity contribution in [2.75, 3.05) is 10.8 Å². The van der Waals surface area contributed by atoms with E-state index in [2.05, 4.69) is 10.3 Å². The molecule has 0 fully saturated rings. The summed E-state index contributed by atoms with van der Waals surface area (Å²) in [5.74, 6) is -0.245. The van der Waals surface area contributed by atoms with Gasteiger partial charge in [0, 0.05) is 41.1 Å². The molecule has 1 atom stereocenters. The molecule has 0 spiro atoms. The van der Waals surface area contributed by atoms with Crippen LogP contribution in [0.4, 0.5) is 5.69 Å². The zero-order valence-corrected chi connectivity index (χ0v) is 18.1. The Hall–Kier alpha value is -2.45. The van der Waals surface area contributed by atoms with Gasteiger partial charge in [-0.05, 0) is 60.0 Å². The maximum absolute atomic E-state index is 12.3. The van der Waals surface area contributed by atoms with Crippen LogP contribution in [0.15, 0.2) is 67.0 Å². The predicted octanol–water partition coefficient (Wildman–Crippen LogP) is 4.50. The molecule has 1 amide bonds. The van der Waals surface area contributed by atoms with Crippen LogP contribution in [0.1, 0.15) is 21.5 Å². The molecule has 1 aromatic heterocycles. The highest BCUT2D eigenvalue weighted by atomic mass is 35.5. The van der Waals surface area contributed by atoms with E-state index in [0.717, 1.165) is 5.56 Å². The highest BCUT2D eigenvalue weighted by Crippen LogP contribution is 2.26. The van der Waals surface area contributed by atoms with E-state index in [1.54, 1.807) is 60.9 Å². The maximum atomic E-state index is 12.3. The second-order valence-electron chi connectivity index (χ2n) is 6.37. The number of nitrogens with one attached hydrogen (secondary N) is 1. The standard InChI is InChI=1S/C21H19Cl2N3O3S/c22-19-4-1-5-20(23)18(19)10-12-26(30(28)29)17-8-6-16(7-9-17)21(27)25-14-15-3-2-11-24-13-15/h1-9,11,13H,10,12,14H2,(H,25,27)(H,28,29). The number of pyridine rings is 1. The lowest BCUT2D eigenvalue weighted by molar-refractivity contribution is 0.0951. The van der Waals surface area contributed by atoms with E-state index in [4.69, 9.17) is 23.2 Å². The number of benzene rings is 2. The molecule has 0 bridgehead atoms. The number of amides is 1. The molecule has 0 saturated carbocycles. The van der Waals surface area contributed by atoms with Gasteiger partial charge in [-0.25, -0.2) is 4.21 Å². The Morgan fingerprint density at radius 3 is 2.37 bits per heavy atom. The third-order valence-corrected chi connectivity index (χ3v) is 5.89. The average molecular weight is 464 g/mol. The fourth-order valence-electron chi connectivity index (χ4n) is 2.85. The summed E-state index contributed by atoms with van der Waals surface area (Å²) in [6, 6.07) is 15.3. The lowest BCUT2D eigenvalue weighted by Gasteiger charge is -2.21. The summed E-state index contributed by atoms with van der Waals surface area (Å²) in [6.45, 7) is 0.582. The van der Waals surface area contributed by atoms with E-state index in [-0.39, 0.29) is 12.5 Å². The Morgan fingerprint density at radius 2 is 1.77 bits per heavy atom. The molecule has 0 aliphatic heterocycles. The second kappa shape index (κ2) is 10.5. The van der Waals surface area contributed by atoms with Crippen LogP contribution in [0.25, 0.3) is 0 Å². The third kappa shape index (κ3) is 5.79. The minimum absolute atomic E-state index is 0.221. The van der Waals surface area contributed by atoms with Crippen LogP contribution >= 0.6 is 23.2 Å². The summed E-state index contributed by atoms with van der Waals surface area (Å²) in [5, 5.41) is 3.83. The van der Waals surface area contributed by atoms with Gasteiger partial charge in [-0.15, -0.1) is 0 Å². The minimum atomic E-state index is -2.25. The quantitative estimate of drug-likeness (QED) is 0.481. The summed E-state index contributed by atoms with van der Waals surface area (Å²) < 4.78 is 22.9. The lowest BCUT2D eigenvalue weighted by Crippen LogP contribution is -2.28. The van der Waals surface area contributed by atoms with Crippen molar-refractivity contribution < 1.29 is 13.6 Å². The van der Waals surface area contributed by atoms with Crippen LogP contribution < -0.4 is 9.62 Å². The Kier molecular flexibility index (Phi) is 7.81. The Labute approximate surface area is 187 Å². The molecular weight excluding hydrogens is 445 g/mol. The van der Waals surface area contributed by atoms with E-state index in [0.29, 0.717) is 39.8 Å². The van der Waals surface area contributed by atoms with Gasteiger partial charge in [0.1, 0.15) is 0 Å². The van der Waals surface area contributed by atoms with Crippen LogP contribution in [0.2, 0.25) is 10.0 Å². The first-order valence-electron chi connectivity index (χ1n) is 9.04. The van der Waals surface area contributed by atoms with Gasteiger partial charge >= 0.3 is 0 Å². The molecule has 1 unspecified atom stereocenters. The van der Waals surface area contributed by atoms with Crippen LogP contribution in [0, 0.1) is 0 Å². The van der Waals surface area contributed by atoms with E-state index < -0.39 is 11.3 Å². The molecule has 2 aromatic carbocycles. The molecule has 2 N–H and O–H groups in total. The highest BCUT2D eigenvalue weighted by molar-refractivity contribution is 7.80. The number of halogens is 2. The van der Waals surface area contributed by atoms with Crippen LogP contribution in [-0.4, -0.2) is 26.2 Å². The fraction of sp³-hybridized carbons (Fsp3) is 0.143. The molecule has 0 saturated heterocycles. The van der Waals surface area contributed by atoms with Gasteiger partial charge in [0.15, 0.2) is 0 Å². The summed E-state index contributed by atoms with van der Waals surface area (Å²) >= 11 is 10.1. The predicted molar refractivity (Wildman–Crippen MR) is 120 cm³/mol. The number of carbonyl (C=O) groups excluding carboxylic acids is 1. The van der Waals surface area contributed by atoms with Gasteiger partial charge in [0.05, 0.1) is 5.69 Å². The fourth-order valence-corrected chi connectivity index (χ4v) is 3.98. The Bertz CT molecular complexity index is 1010. The molecule has 1 heterocycles. The first-order valence-corrected chi connectivity index (χ1v) is 10.9. The van der Waals surface area contributed by atoms with Crippen molar-refractivity contribution in [3.63, 3.8) is 0 Å². The molecule has 3 aromatic rings. The van der Waals surface area contributed by atoms with E-state index in [1.165, 1.54) is 4.31 Å². The molecule has 156 valence electrons. The van der Waals surface area contributed by atoms with Crippen LogP contribution in [-0.2, 0) is 24.2 Å². The number of nitrogens with zero attached hydrogens (tertiary/aromatic N) is 2. The van der Waals surface area contributed by atoms with Gasteiger partial charge in [-0.2, -0.15) is 0 Å². The van der Waals surface area contributed by atoms with Gasteiger partial charge in [0.25, 0.3) is 17.2 Å². The second-order valence-corrected chi connectivity index (χ2v) is 8.09. The number of aromatic nitrogens is 1.